The molecule has 0 unspecified atom stereocenters. The average Bonchev–Trinajstić information content (AvgIpc) is 2.73. The second-order valence-electron chi connectivity index (χ2n) is 6.98. The minimum atomic E-state index is -0.135. The van der Waals surface area contributed by atoms with E-state index in [0.717, 1.165) is 0 Å². The number of hydrogen-bond acceptors (Lipinski definition) is 6. The van der Waals surface area contributed by atoms with Crippen LogP contribution in [0.1, 0.15) is 20.7 Å². The van der Waals surface area contributed by atoms with Gasteiger partial charge in [0.05, 0.1) is 11.1 Å². The molecule has 0 spiro atoms. The fraction of sp³-hybridized carbons (Fsp3) is 0.250. The number of ether oxygens (including phenoxy) is 2. The lowest BCUT2D eigenvalue weighted by atomic mass is 10.1. The topological polar surface area (TPSA) is 59.1 Å². The molecule has 6 nitrogen and oxygen atoms in total. The van der Waals surface area contributed by atoms with Crippen LogP contribution in [0.25, 0.3) is 0 Å². The van der Waals surface area contributed by atoms with Crippen LogP contribution in [0.5, 0.6) is 11.5 Å². The molecule has 2 aromatic carbocycles. The van der Waals surface area contributed by atoms with E-state index in [1.54, 1.807) is 58.6 Å². The zero-order chi connectivity index (χ0) is 21.9. The molecule has 158 valence electrons. The van der Waals surface area contributed by atoms with Gasteiger partial charge in [-0.25, -0.2) is 0 Å². The Bertz CT molecular complexity index is 841. The van der Waals surface area contributed by atoms with E-state index in [9.17, 15) is 9.59 Å². The molecule has 0 saturated carbocycles. The van der Waals surface area contributed by atoms with Gasteiger partial charge < -0.3 is 19.3 Å². The first-order valence-electron chi connectivity index (χ1n) is 9.60. The van der Waals surface area contributed by atoms with Crippen molar-refractivity contribution in [2.24, 2.45) is 0 Å². The van der Waals surface area contributed by atoms with Gasteiger partial charge in [-0.05, 0) is 24.3 Å². The summed E-state index contributed by atoms with van der Waals surface area (Å²) in [4.78, 5) is 28.3. The quantitative estimate of drug-likeness (QED) is 0.321. The van der Waals surface area contributed by atoms with E-state index < -0.39 is 0 Å². The Morgan fingerprint density at radius 1 is 0.700 bits per heavy atom. The number of rotatable bonds is 11. The minimum absolute atomic E-state index is 0.135. The molecule has 0 heterocycles. The Labute approximate surface area is 178 Å². The molecule has 2 aromatic rings. The van der Waals surface area contributed by atoms with Crippen molar-refractivity contribution in [3.8, 4) is 11.5 Å². The van der Waals surface area contributed by atoms with Crippen molar-refractivity contribution in [2.45, 2.75) is 0 Å². The standard InChI is InChI=1S/C24H28N2O4/c1-25(2)15-13-21(27)19-9-5-7-11-23(19)29-17-18-30-24-12-8-6-10-20(24)22(28)14-16-26(3)4/h5-16H,17-18H2,1-4H3/b15-13+,16-14+. The van der Waals surface area contributed by atoms with E-state index in [-0.39, 0.29) is 24.8 Å². The number of hydrogen-bond donors (Lipinski definition) is 0. The summed E-state index contributed by atoms with van der Waals surface area (Å²) in [5.41, 5.74) is 0.972. The molecule has 0 radical (unpaired) electrons. The first kappa shape index (κ1) is 22.7. The van der Waals surface area contributed by atoms with Crippen molar-refractivity contribution in [2.75, 3.05) is 41.4 Å². The lowest BCUT2D eigenvalue weighted by Gasteiger charge is -2.12. The van der Waals surface area contributed by atoms with Crippen LogP contribution in [0.4, 0.5) is 0 Å². The zero-order valence-electron chi connectivity index (χ0n) is 17.9. The summed E-state index contributed by atoms with van der Waals surface area (Å²) >= 11 is 0. The van der Waals surface area contributed by atoms with Crippen LogP contribution in [0.2, 0.25) is 0 Å². The number of nitrogens with zero attached hydrogens (tertiary/aromatic N) is 2. The maximum atomic E-state index is 12.4. The molecule has 0 atom stereocenters. The molecule has 0 aliphatic carbocycles. The summed E-state index contributed by atoms with van der Waals surface area (Å²) in [6, 6.07) is 14.2. The average molecular weight is 408 g/mol. The van der Waals surface area contributed by atoms with E-state index in [4.69, 9.17) is 9.47 Å². The second-order valence-corrected chi connectivity index (χ2v) is 6.98. The summed E-state index contributed by atoms with van der Waals surface area (Å²) in [7, 11) is 7.40. The van der Waals surface area contributed by atoms with Gasteiger partial charge in [-0.3, -0.25) is 9.59 Å². The third-order valence-corrected chi connectivity index (χ3v) is 3.95. The van der Waals surface area contributed by atoms with Gasteiger partial charge in [-0.15, -0.1) is 0 Å². The second kappa shape index (κ2) is 11.5. The number of allylic oxidation sites excluding steroid dienone is 2. The molecule has 0 bridgehead atoms. The Morgan fingerprint density at radius 2 is 1.07 bits per heavy atom. The number of carbonyl (C=O) groups is 2. The largest absolute Gasteiger partial charge is 0.489 e. The smallest absolute Gasteiger partial charge is 0.191 e. The van der Waals surface area contributed by atoms with E-state index in [0.29, 0.717) is 22.6 Å². The molecule has 2 rings (SSSR count). The summed E-state index contributed by atoms with van der Waals surface area (Å²) in [6.07, 6.45) is 6.39. The van der Waals surface area contributed by atoms with Crippen LogP contribution in [0, 0.1) is 0 Å². The van der Waals surface area contributed by atoms with Gasteiger partial charge >= 0.3 is 0 Å². The minimum Gasteiger partial charge on any atom is -0.489 e. The SMILES string of the molecule is CN(C)/C=C/C(=O)c1ccccc1OCCOc1ccccc1C(=O)/C=C/N(C)C. The Kier molecular flexibility index (Phi) is 8.69. The van der Waals surface area contributed by atoms with Crippen molar-refractivity contribution >= 4 is 11.6 Å². The van der Waals surface area contributed by atoms with E-state index in [1.165, 1.54) is 12.2 Å². The van der Waals surface area contributed by atoms with Gasteiger partial charge in [-0.2, -0.15) is 0 Å². The van der Waals surface area contributed by atoms with E-state index in [1.807, 2.05) is 40.3 Å². The van der Waals surface area contributed by atoms with Crippen LogP contribution >= 0.6 is 0 Å². The van der Waals surface area contributed by atoms with Gasteiger partial charge in [0.1, 0.15) is 24.7 Å². The number of carbonyl (C=O) groups excluding carboxylic acids is 2. The normalized spacial score (nSPS) is 10.9. The van der Waals surface area contributed by atoms with Crippen LogP contribution in [-0.4, -0.2) is 62.8 Å². The molecule has 6 heteroatoms. The molecule has 0 N–H and O–H groups in total. The molecule has 0 amide bonds. The first-order chi connectivity index (χ1) is 14.4. The van der Waals surface area contributed by atoms with Gasteiger partial charge in [0.15, 0.2) is 11.6 Å². The number of para-hydroxylation sites is 2. The van der Waals surface area contributed by atoms with Gasteiger partial charge in [-0.1, -0.05) is 24.3 Å². The first-order valence-corrected chi connectivity index (χ1v) is 9.60. The zero-order valence-corrected chi connectivity index (χ0v) is 17.9. The van der Waals surface area contributed by atoms with E-state index >= 15 is 0 Å². The highest BCUT2D eigenvalue weighted by Gasteiger charge is 2.11. The van der Waals surface area contributed by atoms with Gasteiger partial charge in [0.25, 0.3) is 0 Å². The third kappa shape index (κ3) is 7.13. The van der Waals surface area contributed by atoms with Crippen molar-refractivity contribution < 1.29 is 19.1 Å². The Hall–Kier alpha value is -3.54. The maximum absolute atomic E-state index is 12.4. The summed E-state index contributed by atoms with van der Waals surface area (Å²) in [6.45, 7) is 0.468. The number of ketones is 2. The third-order valence-electron chi connectivity index (χ3n) is 3.95. The van der Waals surface area contributed by atoms with Crippen molar-refractivity contribution in [1.82, 2.24) is 9.80 Å². The fourth-order valence-electron chi connectivity index (χ4n) is 2.51. The van der Waals surface area contributed by atoms with Crippen LogP contribution < -0.4 is 9.47 Å². The molecular formula is C24H28N2O4. The van der Waals surface area contributed by atoms with Crippen molar-refractivity contribution in [3.63, 3.8) is 0 Å². The highest BCUT2D eigenvalue weighted by molar-refractivity contribution is 6.07. The lowest BCUT2D eigenvalue weighted by molar-refractivity contribution is 0.102. The molecular weight excluding hydrogens is 380 g/mol. The molecule has 30 heavy (non-hydrogen) atoms. The Balaban J connectivity index is 1.99. The molecule has 0 aliphatic rings. The highest BCUT2D eigenvalue weighted by Crippen LogP contribution is 2.21. The monoisotopic (exact) mass is 408 g/mol. The molecule has 0 saturated heterocycles. The lowest BCUT2D eigenvalue weighted by Crippen LogP contribution is -2.12. The predicted octanol–water partition coefficient (Wildman–Crippen LogP) is 3.66. The highest BCUT2D eigenvalue weighted by atomic mass is 16.5. The predicted molar refractivity (Wildman–Crippen MR) is 118 cm³/mol. The van der Waals surface area contributed by atoms with Crippen molar-refractivity contribution in [1.29, 1.82) is 0 Å². The molecule has 0 aromatic heterocycles. The van der Waals surface area contributed by atoms with E-state index in [2.05, 4.69) is 0 Å². The fourth-order valence-corrected chi connectivity index (χ4v) is 2.51. The van der Waals surface area contributed by atoms with Crippen molar-refractivity contribution in [3.05, 3.63) is 84.2 Å². The Morgan fingerprint density at radius 3 is 1.43 bits per heavy atom. The summed E-state index contributed by atoms with van der Waals surface area (Å²) in [5, 5.41) is 0. The molecule has 0 fully saturated rings. The maximum Gasteiger partial charge on any atom is 0.191 e. The van der Waals surface area contributed by atoms with Crippen LogP contribution in [-0.2, 0) is 0 Å². The van der Waals surface area contributed by atoms with Gasteiger partial charge in [0, 0.05) is 52.7 Å². The van der Waals surface area contributed by atoms with Crippen LogP contribution in [0.3, 0.4) is 0 Å². The van der Waals surface area contributed by atoms with Gasteiger partial charge in [0.2, 0.25) is 0 Å². The summed E-state index contributed by atoms with van der Waals surface area (Å²) < 4.78 is 11.5. The number of benzene rings is 2. The summed E-state index contributed by atoms with van der Waals surface area (Å²) in [5.74, 6) is 0.716. The molecule has 0 aliphatic heterocycles. The van der Waals surface area contributed by atoms with Crippen LogP contribution in [0.15, 0.2) is 73.1 Å².